The van der Waals surface area contributed by atoms with Crippen LogP contribution in [0.25, 0.3) is 33.2 Å². The molecule has 2 heterocycles. The van der Waals surface area contributed by atoms with Gasteiger partial charge in [-0.1, -0.05) is 54.1 Å². The average molecular weight is 372 g/mol. The first kappa shape index (κ1) is 15.8. The van der Waals surface area contributed by atoms with E-state index in [2.05, 4.69) is 20.3 Å². The maximum atomic E-state index is 6.04. The number of fused-ring (bicyclic) bond motifs is 2. The first-order valence-electron chi connectivity index (χ1n) is 8.51. The molecule has 0 aliphatic carbocycles. The molecule has 0 fully saturated rings. The van der Waals surface area contributed by atoms with Crippen molar-refractivity contribution in [3.63, 3.8) is 0 Å². The number of nitrogens with zero attached hydrogens (tertiary/aromatic N) is 3. The van der Waals surface area contributed by atoms with Crippen molar-refractivity contribution in [1.82, 2.24) is 19.9 Å². The normalized spacial score (nSPS) is 11.1. The molecule has 0 saturated carbocycles. The Labute approximate surface area is 160 Å². The molecule has 2 aromatic heterocycles. The highest BCUT2D eigenvalue weighted by molar-refractivity contribution is 6.30. The number of para-hydroxylation sites is 3. The second-order valence-electron chi connectivity index (χ2n) is 6.15. The van der Waals surface area contributed by atoms with Crippen LogP contribution in [0.1, 0.15) is 0 Å². The highest BCUT2D eigenvalue weighted by Crippen LogP contribution is 2.29. The van der Waals surface area contributed by atoms with Gasteiger partial charge in [0.05, 0.1) is 22.2 Å². The monoisotopic (exact) mass is 371 g/mol. The molecule has 0 aliphatic heterocycles. The standard InChI is InChI=1S/C21H14ClN5/c22-14-11-9-13(10-12-14)19-15-5-1-2-6-16(15)23-21(26-19)27-20-24-17-7-3-4-8-18(17)25-20/h1-12H,(H2,23,24,25,26,27). The van der Waals surface area contributed by atoms with Crippen LogP contribution in [0.4, 0.5) is 11.9 Å². The zero-order chi connectivity index (χ0) is 18.2. The number of H-pyrrole nitrogens is 1. The highest BCUT2D eigenvalue weighted by Gasteiger charge is 2.11. The molecule has 0 saturated heterocycles. The van der Waals surface area contributed by atoms with Crippen molar-refractivity contribution >= 4 is 45.4 Å². The number of hydrogen-bond donors (Lipinski definition) is 2. The molecule has 5 nitrogen and oxygen atoms in total. The number of halogens is 1. The molecular formula is C21H14ClN5. The lowest BCUT2D eigenvalue weighted by atomic mass is 10.1. The molecular weight excluding hydrogens is 358 g/mol. The molecule has 0 atom stereocenters. The fraction of sp³-hybridized carbons (Fsp3) is 0. The van der Waals surface area contributed by atoms with Gasteiger partial charge in [0.15, 0.2) is 0 Å². The molecule has 27 heavy (non-hydrogen) atoms. The van der Waals surface area contributed by atoms with E-state index >= 15 is 0 Å². The van der Waals surface area contributed by atoms with Gasteiger partial charge in [0.25, 0.3) is 0 Å². The third-order valence-electron chi connectivity index (χ3n) is 4.34. The van der Waals surface area contributed by atoms with Crippen LogP contribution in [0, 0.1) is 0 Å². The Morgan fingerprint density at radius 1 is 0.741 bits per heavy atom. The number of anilines is 2. The SMILES string of the molecule is Clc1ccc(-c2nc(Nc3nc4ccccc4[nH]3)nc3ccccc23)cc1. The number of aromatic amines is 1. The van der Waals surface area contributed by atoms with Gasteiger partial charge in [0.2, 0.25) is 11.9 Å². The van der Waals surface area contributed by atoms with Crippen molar-refractivity contribution in [2.24, 2.45) is 0 Å². The zero-order valence-corrected chi connectivity index (χ0v) is 14.9. The molecule has 0 radical (unpaired) electrons. The molecule has 0 bridgehead atoms. The number of imidazole rings is 1. The molecule has 0 aliphatic rings. The summed E-state index contributed by atoms with van der Waals surface area (Å²) in [4.78, 5) is 17.2. The van der Waals surface area contributed by atoms with Gasteiger partial charge in [-0.25, -0.2) is 15.0 Å². The Balaban J connectivity index is 1.63. The largest absolute Gasteiger partial charge is 0.324 e. The Hall–Kier alpha value is -3.44. The van der Waals surface area contributed by atoms with E-state index in [4.69, 9.17) is 16.6 Å². The van der Waals surface area contributed by atoms with Gasteiger partial charge in [0, 0.05) is 16.0 Å². The van der Waals surface area contributed by atoms with Crippen molar-refractivity contribution in [2.45, 2.75) is 0 Å². The summed E-state index contributed by atoms with van der Waals surface area (Å²) in [5, 5.41) is 4.87. The topological polar surface area (TPSA) is 66.5 Å². The molecule has 3 aromatic carbocycles. The van der Waals surface area contributed by atoms with Crippen molar-refractivity contribution in [2.75, 3.05) is 5.32 Å². The van der Waals surface area contributed by atoms with Crippen LogP contribution in [0.2, 0.25) is 5.02 Å². The third kappa shape index (κ3) is 2.98. The predicted molar refractivity (Wildman–Crippen MR) is 109 cm³/mol. The maximum absolute atomic E-state index is 6.04. The van der Waals surface area contributed by atoms with Crippen molar-refractivity contribution < 1.29 is 0 Å². The first-order chi connectivity index (χ1) is 13.3. The molecule has 5 rings (SSSR count). The number of benzene rings is 3. The molecule has 0 unspecified atom stereocenters. The lowest BCUT2D eigenvalue weighted by Gasteiger charge is -2.09. The summed E-state index contributed by atoms with van der Waals surface area (Å²) in [6.07, 6.45) is 0. The van der Waals surface area contributed by atoms with Crippen LogP contribution in [0.5, 0.6) is 0 Å². The number of rotatable bonds is 3. The van der Waals surface area contributed by atoms with Crippen molar-refractivity contribution in [3.8, 4) is 11.3 Å². The van der Waals surface area contributed by atoms with Crippen LogP contribution >= 0.6 is 11.6 Å². The van der Waals surface area contributed by atoms with Gasteiger partial charge in [0.1, 0.15) is 0 Å². The van der Waals surface area contributed by atoms with Crippen LogP contribution in [0.15, 0.2) is 72.8 Å². The van der Waals surface area contributed by atoms with E-state index in [0.29, 0.717) is 16.9 Å². The molecule has 0 spiro atoms. The van der Waals surface area contributed by atoms with E-state index in [1.807, 2.05) is 72.8 Å². The second-order valence-corrected chi connectivity index (χ2v) is 6.58. The summed E-state index contributed by atoms with van der Waals surface area (Å²) in [7, 11) is 0. The number of aromatic nitrogens is 4. The Morgan fingerprint density at radius 3 is 2.30 bits per heavy atom. The zero-order valence-electron chi connectivity index (χ0n) is 14.1. The van der Waals surface area contributed by atoms with Gasteiger partial charge in [-0.2, -0.15) is 0 Å². The maximum Gasteiger partial charge on any atom is 0.230 e. The summed E-state index contributed by atoms with van der Waals surface area (Å²) in [6, 6.07) is 23.4. The highest BCUT2D eigenvalue weighted by atomic mass is 35.5. The van der Waals surface area contributed by atoms with Crippen molar-refractivity contribution in [1.29, 1.82) is 0 Å². The lowest BCUT2D eigenvalue weighted by molar-refractivity contribution is 1.18. The average Bonchev–Trinajstić information content (AvgIpc) is 3.10. The summed E-state index contributed by atoms with van der Waals surface area (Å²) < 4.78 is 0. The smallest absolute Gasteiger partial charge is 0.230 e. The summed E-state index contributed by atoms with van der Waals surface area (Å²) in [5.74, 6) is 1.09. The van der Waals surface area contributed by atoms with E-state index in [1.54, 1.807) is 0 Å². The fourth-order valence-corrected chi connectivity index (χ4v) is 3.20. The Morgan fingerprint density at radius 2 is 1.48 bits per heavy atom. The van der Waals surface area contributed by atoms with Crippen LogP contribution in [-0.2, 0) is 0 Å². The Kier molecular flexibility index (Phi) is 3.73. The van der Waals surface area contributed by atoms with Gasteiger partial charge in [-0.15, -0.1) is 0 Å². The van der Waals surface area contributed by atoms with Crippen LogP contribution in [0.3, 0.4) is 0 Å². The Bertz CT molecular complexity index is 1230. The number of hydrogen-bond acceptors (Lipinski definition) is 4. The molecule has 0 amide bonds. The van der Waals surface area contributed by atoms with Crippen molar-refractivity contribution in [3.05, 3.63) is 77.8 Å². The van der Waals surface area contributed by atoms with Crippen LogP contribution < -0.4 is 5.32 Å². The third-order valence-corrected chi connectivity index (χ3v) is 4.59. The fourth-order valence-electron chi connectivity index (χ4n) is 3.08. The molecule has 6 heteroatoms. The molecule has 2 N–H and O–H groups in total. The van der Waals surface area contributed by atoms with Gasteiger partial charge in [-0.05, 0) is 30.3 Å². The minimum Gasteiger partial charge on any atom is -0.324 e. The molecule has 5 aromatic rings. The molecule has 130 valence electrons. The van der Waals surface area contributed by atoms with E-state index in [1.165, 1.54) is 0 Å². The van der Waals surface area contributed by atoms with Gasteiger partial charge >= 0.3 is 0 Å². The quantitative estimate of drug-likeness (QED) is 0.435. The number of nitrogens with one attached hydrogen (secondary N) is 2. The minimum atomic E-state index is 0.484. The first-order valence-corrected chi connectivity index (χ1v) is 8.88. The summed E-state index contributed by atoms with van der Waals surface area (Å²) in [6.45, 7) is 0. The minimum absolute atomic E-state index is 0.484. The van der Waals surface area contributed by atoms with Gasteiger partial charge in [-0.3, -0.25) is 5.32 Å². The van der Waals surface area contributed by atoms with E-state index in [9.17, 15) is 0 Å². The van der Waals surface area contributed by atoms with Crippen LogP contribution in [-0.4, -0.2) is 19.9 Å². The van der Waals surface area contributed by atoms with Gasteiger partial charge < -0.3 is 4.98 Å². The lowest BCUT2D eigenvalue weighted by Crippen LogP contribution is -2.01. The summed E-state index contributed by atoms with van der Waals surface area (Å²) >= 11 is 6.04. The second kappa shape index (κ2) is 6.37. The van der Waals surface area contributed by atoms with E-state index in [-0.39, 0.29) is 0 Å². The van der Waals surface area contributed by atoms with E-state index in [0.717, 1.165) is 33.2 Å². The predicted octanol–water partition coefficient (Wildman–Crippen LogP) is 5.57. The van der Waals surface area contributed by atoms with E-state index < -0.39 is 0 Å². The summed E-state index contributed by atoms with van der Waals surface area (Å²) in [5.41, 5.74) is 4.52.